The van der Waals surface area contributed by atoms with Gasteiger partial charge >= 0.3 is 5.97 Å². The molecule has 8 nitrogen and oxygen atoms in total. The summed E-state index contributed by atoms with van der Waals surface area (Å²) in [5.74, 6) is -1.36. The standard InChI is InChI=1S/C13H15N3O5/c1-7-5-9(11-8(2)16-21-13(11)15-7)12(19)14-3-4-20-6-10(17)18/h5H,3-4,6H2,1-2H3,(H,14,19)(H,17,18). The number of fused-ring (bicyclic) bond motifs is 1. The number of amides is 1. The lowest BCUT2D eigenvalue weighted by molar-refractivity contribution is -0.142. The first-order valence-corrected chi connectivity index (χ1v) is 6.30. The van der Waals surface area contributed by atoms with Crippen LogP contribution in [0.15, 0.2) is 10.6 Å². The molecule has 8 heteroatoms. The van der Waals surface area contributed by atoms with E-state index in [0.29, 0.717) is 28.1 Å². The number of carbonyl (C=O) groups excluding carboxylic acids is 1. The number of aromatic nitrogens is 2. The molecule has 2 rings (SSSR count). The lowest BCUT2D eigenvalue weighted by Gasteiger charge is -2.07. The van der Waals surface area contributed by atoms with Crippen LogP contribution in [0.4, 0.5) is 0 Å². The van der Waals surface area contributed by atoms with E-state index in [1.807, 2.05) is 0 Å². The topological polar surface area (TPSA) is 115 Å². The molecule has 2 aromatic rings. The fourth-order valence-corrected chi connectivity index (χ4v) is 1.89. The third kappa shape index (κ3) is 3.54. The fourth-order valence-electron chi connectivity index (χ4n) is 1.89. The number of rotatable bonds is 6. The minimum atomic E-state index is -1.05. The van der Waals surface area contributed by atoms with Gasteiger partial charge in [0.25, 0.3) is 11.6 Å². The summed E-state index contributed by atoms with van der Waals surface area (Å²) in [6.07, 6.45) is 0. The van der Waals surface area contributed by atoms with Gasteiger partial charge in [-0.05, 0) is 19.9 Å². The monoisotopic (exact) mass is 293 g/mol. The quantitative estimate of drug-likeness (QED) is 0.752. The number of aryl methyl sites for hydroxylation is 2. The Bertz CT molecular complexity index is 680. The van der Waals surface area contributed by atoms with E-state index in [1.54, 1.807) is 19.9 Å². The number of nitrogens with zero attached hydrogens (tertiary/aromatic N) is 2. The summed E-state index contributed by atoms with van der Waals surface area (Å²) in [5, 5.41) is 15.4. The predicted molar refractivity (Wildman–Crippen MR) is 72.1 cm³/mol. The Labute approximate surface area is 120 Å². The Hall–Kier alpha value is -2.48. The van der Waals surface area contributed by atoms with Gasteiger partial charge in [-0.1, -0.05) is 5.16 Å². The number of pyridine rings is 1. The molecule has 2 N–H and O–H groups in total. The highest BCUT2D eigenvalue weighted by Crippen LogP contribution is 2.21. The molecule has 0 aliphatic heterocycles. The van der Waals surface area contributed by atoms with Crippen LogP contribution in [0.3, 0.4) is 0 Å². The van der Waals surface area contributed by atoms with Crippen LogP contribution >= 0.6 is 0 Å². The molecule has 0 aliphatic rings. The van der Waals surface area contributed by atoms with Crippen LogP contribution in [-0.2, 0) is 9.53 Å². The van der Waals surface area contributed by atoms with Crippen molar-refractivity contribution in [2.24, 2.45) is 0 Å². The number of hydrogen-bond donors (Lipinski definition) is 2. The summed E-state index contributed by atoms with van der Waals surface area (Å²) in [6, 6.07) is 1.65. The molecule has 21 heavy (non-hydrogen) atoms. The van der Waals surface area contributed by atoms with Gasteiger partial charge in [-0.15, -0.1) is 0 Å². The van der Waals surface area contributed by atoms with E-state index < -0.39 is 5.97 Å². The highest BCUT2D eigenvalue weighted by molar-refractivity contribution is 6.06. The zero-order valence-corrected chi connectivity index (χ0v) is 11.7. The molecule has 0 aromatic carbocycles. The van der Waals surface area contributed by atoms with E-state index >= 15 is 0 Å². The predicted octanol–water partition coefficient (Wildman–Crippen LogP) is 0.671. The van der Waals surface area contributed by atoms with Crippen LogP contribution in [0.1, 0.15) is 21.7 Å². The second kappa shape index (κ2) is 6.31. The Morgan fingerprint density at radius 2 is 2.19 bits per heavy atom. The van der Waals surface area contributed by atoms with Crippen molar-refractivity contribution in [2.45, 2.75) is 13.8 Å². The highest BCUT2D eigenvalue weighted by atomic mass is 16.5. The first kappa shape index (κ1) is 14.9. The molecule has 0 unspecified atom stereocenters. The minimum Gasteiger partial charge on any atom is -0.480 e. The van der Waals surface area contributed by atoms with E-state index in [9.17, 15) is 9.59 Å². The van der Waals surface area contributed by atoms with Crippen molar-refractivity contribution in [1.82, 2.24) is 15.5 Å². The van der Waals surface area contributed by atoms with Gasteiger partial charge in [0.2, 0.25) is 0 Å². The van der Waals surface area contributed by atoms with Crippen molar-refractivity contribution in [3.63, 3.8) is 0 Å². The Balaban J connectivity index is 2.05. The molecule has 0 aliphatic carbocycles. The van der Waals surface area contributed by atoms with Crippen molar-refractivity contribution in [1.29, 1.82) is 0 Å². The van der Waals surface area contributed by atoms with Crippen LogP contribution in [0.25, 0.3) is 11.1 Å². The first-order chi connectivity index (χ1) is 9.99. The van der Waals surface area contributed by atoms with Crippen LogP contribution in [0.5, 0.6) is 0 Å². The number of nitrogens with one attached hydrogen (secondary N) is 1. The maximum Gasteiger partial charge on any atom is 0.329 e. The van der Waals surface area contributed by atoms with Crippen LogP contribution < -0.4 is 5.32 Å². The fraction of sp³-hybridized carbons (Fsp3) is 0.385. The van der Waals surface area contributed by atoms with Gasteiger partial charge in [0.05, 0.1) is 23.3 Å². The third-order valence-electron chi connectivity index (χ3n) is 2.75. The van der Waals surface area contributed by atoms with E-state index in [0.717, 1.165) is 0 Å². The number of carboxylic acid groups (broad SMARTS) is 1. The SMILES string of the molecule is Cc1cc(C(=O)NCCOCC(=O)O)c2c(C)noc2n1. The molecular formula is C13H15N3O5. The second-order valence-corrected chi connectivity index (χ2v) is 4.46. The summed E-state index contributed by atoms with van der Waals surface area (Å²) >= 11 is 0. The zero-order valence-electron chi connectivity index (χ0n) is 11.7. The van der Waals surface area contributed by atoms with Gasteiger partial charge in [-0.2, -0.15) is 0 Å². The lowest BCUT2D eigenvalue weighted by atomic mass is 10.1. The van der Waals surface area contributed by atoms with Crippen molar-refractivity contribution in [3.8, 4) is 0 Å². The minimum absolute atomic E-state index is 0.119. The number of carboxylic acids is 1. The molecule has 0 atom stereocenters. The highest BCUT2D eigenvalue weighted by Gasteiger charge is 2.17. The molecular weight excluding hydrogens is 278 g/mol. The van der Waals surface area contributed by atoms with E-state index in [-0.39, 0.29) is 25.7 Å². The number of carbonyl (C=O) groups is 2. The molecule has 0 fully saturated rings. The molecule has 112 valence electrons. The van der Waals surface area contributed by atoms with Gasteiger partial charge < -0.3 is 19.7 Å². The summed E-state index contributed by atoms with van der Waals surface area (Å²) in [5.41, 5.74) is 1.98. The van der Waals surface area contributed by atoms with Crippen LogP contribution in [-0.4, -0.2) is 46.9 Å². The van der Waals surface area contributed by atoms with Gasteiger partial charge in [-0.25, -0.2) is 9.78 Å². The smallest absolute Gasteiger partial charge is 0.329 e. The molecule has 2 heterocycles. The number of hydrogen-bond acceptors (Lipinski definition) is 6. The van der Waals surface area contributed by atoms with Crippen LogP contribution in [0, 0.1) is 13.8 Å². The van der Waals surface area contributed by atoms with Gasteiger partial charge in [0.15, 0.2) is 0 Å². The average Bonchev–Trinajstić information content (AvgIpc) is 2.78. The molecule has 0 saturated heterocycles. The van der Waals surface area contributed by atoms with Crippen LogP contribution in [0.2, 0.25) is 0 Å². The number of aliphatic carboxylic acids is 1. The number of ether oxygens (including phenoxy) is 1. The van der Waals surface area contributed by atoms with Gasteiger partial charge in [-0.3, -0.25) is 4.79 Å². The molecule has 2 aromatic heterocycles. The normalized spacial score (nSPS) is 10.8. The molecule has 1 amide bonds. The molecule has 0 saturated carbocycles. The van der Waals surface area contributed by atoms with Gasteiger partial charge in [0, 0.05) is 12.2 Å². The zero-order chi connectivity index (χ0) is 15.4. The average molecular weight is 293 g/mol. The first-order valence-electron chi connectivity index (χ1n) is 6.30. The maximum absolute atomic E-state index is 12.2. The van der Waals surface area contributed by atoms with E-state index in [1.165, 1.54) is 0 Å². The summed E-state index contributed by atoms with van der Waals surface area (Å²) in [6.45, 7) is 3.42. The maximum atomic E-state index is 12.2. The Morgan fingerprint density at radius 3 is 2.90 bits per heavy atom. The van der Waals surface area contributed by atoms with E-state index in [4.69, 9.17) is 14.4 Å². The molecule has 0 bridgehead atoms. The summed E-state index contributed by atoms with van der Waals surface area (Å²) < 4.78 is 9.90. The lowest BCUT2D eigenvalue weighted by Crippen LogP contribution is -2.28. The summed E-state index contributed by atoms with van der Waals surface area (Å²) in [4.78, 5) is 26.6. The van der Waals surface area contributed by atoms with Crippen molar-refractivity contribution in [3.05, 3.63) is 23.0 Å². The van der Waals surface area contributed by atoms with Crippen molar-refractivity contribution < 1.29 is 24.0 Å². The Morgan fingerprint density at radius 1 is 1.43 bits per heavy atom. The van der Waals surface area contributed by atoms with Crippen molar-refractivity contribution >= 4 is 23.0 Å². The molecule has 0 spiro atoms. The largest absolute Gasteiger partial charge is 0.480 e. The van der Waals surface area contributed by atoms with Gasteiger partial charge in [0.1, 0.15) is 6.61 Å². The summed E-state index contributed by atoms with van der Waals surface area (Å²) in [7, 11) is 0. The molecule has 0 radical (unpaired) electrons. The van der Waals surface area contributed by atoms with E-state index in [2.05, 4.69) is 15.5 Å². The van der Waals surface area contributed by atoms with Crippen molar-refractivity contribution in [2.75, 3.05) is 19.8 Å². The second-order valence-electron chi connectivity index (χ2n) is 4.46. The third-order valence-corrected chi connectivity index (χ3v) is 2.75. The Kier molecular flexibility index (Phi) is 4.49.